The van der Waals surface area contributed by atoms with Crippen molar-refractivity contribution >= 4 is 28.6 Å². The Balaban J connectivity index is 1.12. The molecule has 3 aliphatic rings. The number of anilines is 2. The van der Waals surface area contributed by atoms with Crippen molar-refractivity contribution < 1.29 is 4.79 Å². The lowest BCUT2D eigenvalue weighted by Gasteiger charge is -2.41. The molecule has 35 heavy (non-hydrogen) atoms. The maximum absolute atomic E-state index is 12.9. The van der Waals surface area contributed by atoms with E-state index in [1.165, 1.54) is 44.1 Å². The smallest absolute Gasteiger partial charge is 0.319 e. The SMILES string of the molecule is O=C(Nc1cccc(C2CCCN(c3ncnc4[nH]ccc34)C2)c1)NC1CCCC2CCCCC21. The number of aromatic nitrogens is 3. The second-order valence-corrected chi connectivity index (χ2v) is 10.7. The number of carbonyl (C=O) groups is 1. The molecule has 6 rings (SSSR count). The summed E-state index contributed by atoms with van der Waals surface area (Å²) in [5, 5.41) is 7.54. The number of piperidine rings is 1. The molecule has 0 bridgehead atoms. The lowest BCUT2D eigenvalue weighted by atomic mass is 9.68. The fourth-order valence-electron chi connectivity index (χ4n) is 6.88. The molecule has 0 radical (unpaired) electrons. The number of hydrogen-bond donors (Lipinski definition) is 3. The number of amides is 2. The Kier molecular flexibility index (Phi) is 6.32. The second kappa shape index (κ2) is 9.88. The van der Waals surface area contributed by atoms with Crippen molar-refractivity contribution in [2.24, 2.45) is 11.8 Å². The first kappa shape index (κ1) is 22.4. The number of urea groups is 1. The van der Waals surface area contributed by atoms with Crippen LogP contribution in [0.3, 0.4) is 0 Å². The van der Waals surface area contributed by atoms with Crippen LogP contribution in [0.1, 0.15) is 69.3 Å². The summed E-state index contributed by atoms with van der Waals surface area (Å²) in [5.41, 5.74) is 3.03. The number of benzene rings is 1. The first-order valence-corrected chi connectivity index (χ1v) is 13.4. The summed E-state index contributed by atoms with van der Waals surface area (Å²) >= 11 is 0. The monoisotopic (exact) mass is 472 g/mol. The van der Waals surface area contributed by atoms with Gasteiger partial charge in [-0.1, -0.05) is 44.2 Å². The fraction of sp³-hybridized carbons (Fsp3) is 0.536. The van der Waals surface area contributed by atoms with Crippen LogP contribution >= 0.6 is 0 Å². The van der Waals surface area contributed by atoms with Gasteiger partial charge in [-0.05, 0) is 61.3 Å². The molecule has 2 aliphatic carbocycles. The van der Waals surface area contributed by atoms with Gasteiger partial charge in [0.25, 0.3) is 0 Å². The van der Waals surface area contributed by atoms with E-state index in [2.05, 4.69) is 54.8 Å². The van der Waals surface area contributed by atoms with Gasteiger partial charge in [0.2, 0.25) is 0 Å². The van der Waals surface area contributed by atoms with E-state index in [0.717, 1.165) is 60.8 Å². The van der Waals surface area contributed by atoms with E-state index in [0.29, 0.717) is 17.9 Å². The van der Waals surface area contributed by atoms with Crippen LogP contribution < -0.4 is 15.5 Å². The number of fused-ring (bicyclic) bond motifs is 2. The molecule has 2 aromatic heterocycles. The van der Waals surface area contributed by atoms with Gasteiger partial charge in [-0.25, -0.2) is 14.8 Å². The maximum atomic E-state index is 12.9. The maximum Gasteiger partial charge on any atom is 0.319 e. The summed E-state index contributed by atoms with van der Waals surface area (Å²) in [4.78, 5) is 27.4. The molecule has 3 aromatic rings. The number of nitrogens with zero attached hydrogens (tertiary/aromatic N) is 3. The number of hydrogen-bond acceptors (Lipinski definition) is 4. The van der Waals surface area contributed by atoms with Crippen LogP contribution in [0.25, 0.3) is 11.0 Å². The van der Waals surface area contributed by atoms with E-state index >= 15 is 0 Å². The van der Waals surface area contributed by atoms with Gasteiger partial charge < -0.3 is 20.5 Å². The third-order valence-electron chi connectivity index (χ3n) is 8.56. The van der Waals surface area contributed by atoms with Crippen LogP contribution in [0.5, 0.6) is 0 Å². The molecular formula is C28H36N6O. The Morgan fingerprint density at radius 1 is 1.00 bits per heavy atom. The van der Waals surface area contributed by atoms with Gasteiger partial charge in [0.15, 0.2) is 0 Å². The lowest BCUT2D eigenvalue weighted by Crippen LogP contribution is -2.47. The zero-order valence-electron chi connectivity index (χ0n) is 20.4. The highest BCUT2D eigenvalue weighted by atomic mass is 16.2. The first-order valence-electron chi connectivity index (χ1n) is 13.4. The molecule has 2 saturated carbocycles. The molecule has 1 aliphatic heterocycles. The number of nitrogens with one attached hydrogen (secondary N) is 3. The third-order valence-corrected chi connectivity index (χ3v) is 8.56. The minimum absolute atomic E-state index is 0.0560. The van der Waals surface area contributed by atoms with Gasteiger partial charge in [0, 0.05) is 36.9 Å². The minimum atomic E-state index is -0.0560. The Bertz CT molecular complexity index is 1170. The van der Waals surface area contributed by atoms with Crippen molar-refractivity contribution in [3.05, 3.63) is 48.4 Å². The van der Waals surface area contributed by atoms with E-state index in [-0.39, 0.29) is 6.03 Å². The molecule has 7 nitrogen and oxygen atoms in total. The topological polar surface area (TPSA) is 85.9 Å². The summed E-state index contributed by atoms with van der Waals surface area (Å²) in [6.07, 6.45) is 14.8. The number of rotatable bonds is 4. The van der Waals surface area contributed by atoms with Gasteiger partial charge in [0.1, 0.15) is 17.8 Å². The summed E-state index contributed by atoms with van der Waals surface area (Å²) in [7, 11) is 0. The van der Waals surface area contributed by atoms with Crippen LogP contribution in [0.15, 0.2) is 42.9 Å². The van der Waals surface area contributed by atoms with Crippen molar-refractivity contribution in [3.63, 3.8) is 0 Å². The van der Waals surface area contributed by atoms with Crippen molar-refractivity contribution in [3.8, 4) is 0 Å². The quantitative estimate of drug-likeness (QED) is 0.446. The number of carbonyl (C=O) groups excluding carboxylic acids is 1. The predicted molar refractivity (Wildman–Crippen MR) is 140 cm³/mol. The summed E-state index contributed by atoms with van der Waals surface area (Å²) < 4.78 is 0. The highest BCUT2D eigenvalue weighted by molar-refractivity contribution is 5.89. The molecule has 3 N–H and O–H groups in total. The molecule has 7 heteroatoms. The van der Waals surface area contributed by atoms with Gasteiger partial charge in [-0.3, -0.25) is 0 Å². The Hall–Kier alpha value is -3.09. The predicted octanol–water partition coefficient (Wildman–Crippen LogP) is 5.82. The van der Waals surface area contributed by atoms with Crippen LogP contribution in [-0.4, -0.2) is 40.1 Å². The zero-order valence-corrected chi connectivity index (χ0v) is 20.4. The van der Waals surface area contributed by atoms with Crippen molar-refractivity contribution in [1.82, 2.24) is 20.3 Å². The van der Waals surface area contributed by atoms with Crippen molar-refractivity contribution in [2.75, 3.05) is 23.3 Å². The van der Waals surface area contributed by atoms with Crippen LogP contribution in [0, 0.1) is 11.8 Å². The molecule has 4 atom stereocenters. The van der Waals surface area contributed by atoms with Crippen LogP contribution in [0.2, 0.25) is 0 Å². The highest BCUT2D eigenvalue weighted by Crippen LogP contribution is 2.40. The van der Waals surface area contributed by atoms with Crippen LogP contribution in [0.4, 0.5) is 16.3 Å². The van der Waals surface area contributed by atoms with Gasteiger partial charge in [0.05, 0.1) is 5.39 Å². The largest absolute Gasteiger partial charge is 0.355 e. The molecule has 1 aromatic carbocycles. The normalized spacial score (nSPS) is 26.8. The Labute approximate surface area is 207 Å². The van der Waals surface area contributed by atoms with Crippen molar-refractivity contribution in [1.29, 1.82) is 0 Å². The van der Waals surface area contributed by atoms with Crippen molar-refractivity contribution in [2.45, 2.75) is 69.7 Å². The molecule has 184 valence electrons. The lowest BCUT2D eigenvalue weighted by molar-refractivity contribution is 0.130. The summed E-state index contributed by atoms with van der Waals surface area (Å²) in [6.45, 7) is 1.91. The molecule has 1 saturated heterocycles. The molecular weight excluding hydrogens is 436 g/mol. The van der Waals surface area contributed by atoms with Gasteiger partial charge in [-0.15, -0.1) is 0 Å². The summed E-state index contributed by atoms with van der Waals surface area (Å²) in [5.74, 6) is 2.88. The molecule has 3 fully saturated rings. The van der Waals surface area contributed by atoms with Gasteiger partial charge >= 0.3 is 6.03 Å². The van der Waals surface area contributed by atoms with E-state index < -0.39 is 0 Å². The third kappa shape index (κ3) is 4.73. The molecule has 4 unspecified atom stereocenters. The Morgan fingerprint density at radius 3 is 2.89 bits per heavy atom. The molecule has 0 spiro atoms. The number of H-pyrrole nitrogens is 1. The average Bonchev–Trinajstić information content (AvgIpc) is 3.38. The zero-order chi connectivity index (χ0) is 23.6. The van der Waals surface area contributed by atoms with E-state index in [1.54, 1.807) is 6.33 Å². The number of aromatic amines is 1. The Morgan fingerprint density at radius 2 is 1.91 bits per heavy atom. The van der Waals surface area contributed by atoms with E-state index in [1.807, 2.05) is 12.3 Å². The minimum Gasteiger partial charge on any atom is -0.355 e. The van der Waals surface area contributed by atoms with Gasteiger partial charge in [-0.2, -0.15) is 0 Å². The molecule has 2 amide bonds. The second-order valence-electron chi connectivity index (χ2n) is 10.7. The first-order chi connectivity index (χ1) is 17.2. The fourth-order valence-corrected chi connectivity index (χ4v) is 6.88. The van der Waals surface area contributed by atoms with E-state index in [4.69, 9.17) is 0 Å². The molecule has 3 heterocycles. The highest BCUT2D eigenvalue weighted by Gasteiger charge is 2.35. The standard InChI is InChI=1S/C28H36N6O/c35-28(33-25-12-4-7-19-6-1-2-11-23(19)25)32-22-10-3-8-20(16-22)21-9-5-15-34(17-21)27-24-13-14-29-26(24)30-18-31-27/h3,8,10,13-14,16,18-19,21,23,25H,1-2,4-7,9,11-12,15,17H2,(H,29,30,31)(H2,32,33,35). The van der Waals surface area contributed by atoms with E-state index in [9.17, 15) is 4.79 Å². The summed E-state index contributed by atoms with van der Waals surface area (Å²) in [6, 6.07) is 10.7. The van der Waals surface area contributed by atoms with Crippen LogP contribution in [-0.2, 0) is 0 Å². The average molecular weight is 473 g/mol.